The first-order valence-corrected chi connectivity index (χ1v) is 16.9. The van der Waals surface area contributed by atoms with E-state index in [9.17, 15) is 14.3 Å². The third-order valence-electron chi connectivity index (χ3n) is 9.69. The van der Waals surface area contributed by atoms with Crippen molar-refractivity contribution in [3.05, 3.63) is 185 Å². The van der Waals surface area contributed by atoms with E-state index < -0.39 is 17.7 Å². The monoisotopic (exact) mass is 675 g/mol. The maximum Gasteiger partial charge on any atom is 0.407 e. The number of hydrogen-bond acceptors (Lipinski definition) is 4. The van der Waals surface area contributed by atoms with Crippen LogP contribution in [0.5, 0.6) is 0 Å². The second-order valence-electron chi connectivity index (χ2n) is 12.8. The van der Waals surface area contributed by atoms with Crippen molar-refractivity contribution < 1.29 is 14.3 Å². The summed E-state index contributed by atoms with van der Waals surface area (Å²) in [5.74, 6) is -0.370. The van der Waals surface area contributed by atoms with Crippen molar-refractivity contribution in [3.8, 4) is 11.3 Å². The lowest BCUT2D eigenvalue weighted by Crippen LogP contribution is -2.38. The van der Waals surface area contributed by atoms with Crippen LogP contribution in [0.3, 0.4) is 0 Å². The summed E-state index contributed by atoms with van der Waals surface area (Å²) < 4.78 is 15.7. The minimum absolute atomic E-state index is 0.184. The smallest absolute Gasteiger partial charge is 0.407 e. The Morgan fingerprint density at radius 2 is 1.41 bits per heavy atom. The second-order valence-corrected chi connectivity index (χ2v) is 12.8. The summed E-state index contributed by atoms with van der Waals surface area (Å²) >= 11 is 0. The average molecular weight is 676 g/mol. The molecule has 1 amide bonds. The third kappa shape index (κ3) is 6.21. The fourth-order valence-corrected chi connectivity index (χ4v) is 7.12. The number of nitrogen functional groups attached to an aromatic ring is 1. The number of amides is 1. The van der Waals surface area contributed by atoms with E-state index in [-0.39, 0.29) is 12.4 Å². The number of aromatic nitrogens is 3. The van der Waals surface area contributed by atoms with E-state index in [1.54, 1.807) is 25.3 Å². The van der Waals surface area contributed by atoms with Gasteiger partial charge in [0.05, 0.1) is 11.6 Å². The molecule has 0 aliphatic carbocycles. The summed E-state index contributed by atoms with van der Waals surface area (Å²) in [7, 11) is 0. The first-order chi connectivity index (χ1) is 24.8. The lowest BCUT2D eigenvalue weighted by atomic mass is 9.77. The summed E-state index contributed by atoms with van der Waals surface area (Å²) in [6, 6.07) is 44.5. The Labute approximate surface area is 296 Å². The van der Waals surface area contributed by atoms with Crippen LogP contribution in [0, 0.1) is 12.7 Å². The Bertz CT molecular complexity index is 2190. The van der Waals surface area contributed by atoms with Crippen LogP contribution in [0.15, 0.2) is 146 Å². The van der Waals surface area contributed by atoms with Crippen molar-refractivity contribution in [3.63, 3.8) is 0 Å². The highest BCUT2D eigenvalue weighted by molar-refractivity contribution is 5.96. The van der Waals surface area contributed by atoms with Crippen LogP contribution in [0.1, 0.15) is 46.5 Å². The molecule has 0 bridgehead atoms. The quantitative estimate of drug-likeness (QED) is 0.111. The molecule has 2 aromatic heterocycles. The molecule has 7 aromatic rings. The van der Waals surface area contributed by atoms with Crippen LogP contribution in [-0.2, 0) is 12.0 Å². The largest absolute Gasteiger partial charge is 0.465 e. The lowest BCUT2D eigenvalue weighted by Gasteiger charge is -2.37. The minimum atomic E-state index is -1.06. The third-order valence-corrected chi connectivity index (χ3v) is 9.69. The number of halogens is 1. The zero-order valence-corrected chi connectivity index (χ0v) is 28.4. The number of nitrogens with two attached hydrogens (primary N) is 1. The van der Waals surface area contributed by atoms with Gasteiger partial charge in [0.25, 0.3) is 0 Å². The van der Waals surface area contributed by atoms with E-state index in [2.05, 4.69) is 46.1 Å². The fourth-order valence-electron chi connectivity index (χ4n) is 7.12. The normalized spacial score (nSPS) is 12.1. The summed E-state index contributed by atoms with van der Waals surface area (Å²) in [6.45, 7) is 3.94. The number of nitrogens with zero attached hydrogens (tertiary/aromatic N) is 4. The number of fused-ring (bicyclic) bond motifs is 1. The van der Waals surface area contributed by atoms with Crippen LogP contribution in [-0.4, -0.2) is 37.4 Å². The molecule has 0 radical (unpaired) electrons. The molecule has 0 saturated carbocycles. The fraction of sp³-hybridized carbons (Fsp3) is 0.140. The predicted octanol–water partition coefficient (Wildman–Crippen LogP) is 9.25. The lowest BCUT2D eigenvalue weighted by molar-refractivity contribution is 0.129. The Kier molecular flexibility index (Phi) is 9.07. The minimum Gasteiger partial charge on any atom is -0.465 e. The molecule has 2 heterocycles. The van der Waals surface area contributed by atoms with Crippen molar-refractivity contribution >= 4 is 22.7 Å². The number of pyridine rings is 1. The molecule has 0 aliphatic rings. The van der Waals surface area contributed by atoms with Crippen molar-refractivity contribution in [1.29, 1.82) is 0 Å². The van der Waals surface area contributed by atoms with Crippen molar-refractivity contribution in [2.75, 3.05) is 12.3 Å². The SMILES string of the molecule is Cc1cc(-c2nn(C(c3ccccc3)(c3ccccc3)c3ccccc3)c3cc(N)c(CCN(C(=O)O)C(C)c4ccc(F)cc4)cc23)ccn1. The highest BCUT2D eigenvalue weighted by Crippen LogP contribution is 2.44. The second kappa shape index (κ2) is 13.9. The van der Waals surface area contributed by atoms with Gasteiger partial charge in [0.1, 0.15) is 17.1 Å². The van der Waals surface area contributed by atoms with Crippen molar-refractivity contribution in [2.24, 2.45) is 0 Å². The van der Waals surface area contributed by atoms with Gasteiger partial charge in [-0.15, -0.1) is 0 Å². The van der Waals surface area contributed by atoms with Crippen LogP contribution in [0.25, 0.3) is 22.2 Å². The maximum atomic E-state index is 13.6. The molecule has 0 saturated heterocycles. The number of anilines is 1. The van der Waals surface area contributed by atoms with Gasteiger partial charge < -0.3 is 15.7 Å². The molecule has 1 unspecified atom stereocenters. The molecule has 8 heteroatoms. The van der Waals surface area contributed by atoms with Crippen LogP contribution >= 0.6 is 0 Å². The average Bonchev–Trinajstić information content (AvgIpc) is 3.51. The highest BCUT2D eigenvalue weighted by atomic mass is 19.1. The van der Waals surface area contributed by atoms with E-state index in [0.717, 1.165) is 50.1 Å². The molecule has 51 heavy (non-hydrogen) atoms. The zero-order valence-electron chi connectivity index (χ0n) is 28.4. The van der Waals surface area contributed by atoms with E-state index in [1.165, 1.54) is 17.0 Å². The van der Waals surface area contributed by atoms with Gasteiger partial charge in [-0.05, 0) is 84.5 Å². The molecule has 5 aromatic carbocycles. The molecular weight excluding hydrogens is 638 g/mol. The summed E-state index contributed by atoms with van der Waals surface area (Å²) in [5, 5.41) is 16.6. The molecule has 0 fully saturated rings. The first kappa shape index (κ1) is 33.2. The Morgan fingerprint density at radius 1 is 0.843 bits per heavy atom. The van der Waals surface area contributed by atoms with Gasteiger partial charge in [-0.1, -0.05) is 103 Å². The summed E-state index contributed by atoms with van der Waals surface area (Å²) in [6.07, 6.45) is 1.08. The van der Waals surface area contributed by atoms with Gasteiger partial charge in [0.2, 0.25) is 0 Å². The topological polar surface area (TPSA) is 97.3 Å². The number of aryl methyl sites for hydroxylation is 1. The van der Waals surface area contributed by atoms with Gasteiger partial charge >= 0.3 is 6.09 Å². The highest BCUT2D eigenvalue weighted by Gasteiger charge is 2.41. The van der Waals surface area contributed by atoms with E-state index in [1.807, 2.05) is 85.8 Å². The molecule has 7 nitrogen and oxygen atoms in total. The summed E-state index contributed by atoms with van der Waals surface area (Å²) in [5.41, 5.74) is 14.5. The number of hydrogen-bond donors (Lipinski definition) is 2. The van der Waals surface area contributed by atoms with E-state index in [4.69, 9.17) is 10.8 Å². The van der Waals surface area contributed by atoms with Crippen LogP contribution < -0.4 is 5.73 Å². The standard InChI is InChI=1S/C43H38FN5O2/c1-29-26-33(22-24-46-29)41-38-27-32(23-25-48(42(50)51)30(2)31-18-20-37(44)21-19-31)39(45)28-40(38)49(47-41)43(34-12-6-3-7-13-34,35-14-8-4-9-15-35)36-16-10-5-11-17-36/h3-22,24,26-28,30H,23,25,45H2,1-2H3,(H,50,51). The van der Waals surface area contributed by atoms with E-state index >= 15 is 0 Å². The van der Waals surface area contributed by atoms with Gasteiger partial charge in [-0.25, -0.2) is 13.9 Å². The maximum absolute atomic E-state index is 13.6. The number of carboxylic acid groups (broad SMARTS) is 1. The van der Waals surface area contributed by atoms with Gasteiger partial charge in [-0.2, -0.15) is 5.10 Å². The zero-order chi connectivity index (χ0) is 35.5. The van der Waals surface area contributed by atoms with E-state index in [0.29, 0.717) is 17.7 Å². The van der Waals surface area contributed by atoms with Gasteiger partial charge in [0.15, 0.2) is 0 Å². The molecule has 0 aliphatic heterocycles. The first-order valence-electron chi connectivity index (χ1n) is 16.9. The van der Waals surface area contributed by atoms with Gasteiger partial charge in [0, 0.05) is 35.1 Å². The van der Waals surface area contributed by atoms with Crippen molar-refractivity contribution in [2.45, 2.75) is 31.8 Å². The van der Waals surface area contributed by atoms with Crippen molar-refractivity contribution in [1.82, 2.24) is 19.7 Å². The number of benzene rings is 5. The molecular formula is C43H38FN5O2. The molecule has 3 N–H and O–H groups in total. The predicted molar refractivity (Wildman–Crippen MR) is 200 cm³/mol. The number of rotatable bonds is 10. The summed E-state index contributed by atoms with van der Waals surface area (Å²) in [4.78, 5) is 18.3. The molecule has 0 spiro atoms. The molecule has 254 valence electrons. The molecule has 1 atom stereocenters. The van der Waals surface area contributed by atoms with Crippen LogP contribution in [0.4, 0.5) is 14.9 Å². The van der Waals surface area contributed by atoms with Crippen LogP contribution in [0.2, 0.25) is 0 Å². The number of carbonyl (C=O) groups is 1. The Morgan fingerprint density at radius 3 is 1.94 bits per heavy atom. The Balaban J connectivity index is 1.44. The molecule has 7 rings (SSSR count). The Hall–Kier alpha value is -6.28. The van der Waals surface area contributed by atoms with Gasteiger partial charge in [-0.3, -0.25) is 4.98 Å².